The molecule has 1 aromatic heterocycles. The first-order chi connectivity index (χ1) is 9.94. The molecule has 21 heavy (non-hydrogen) atoms. The summed E-state index contributed by atoms with van der Waals surface area (Å²) in [5, 5.41) is 21.4. The zero-order valence-electron chi connectivity index (χ0n) is 11.8. The number of hydrogen-bond donors (Lipinski definition) is 4. The van der Waals surface area contributed by atoms with Crippen molar-refractivity contribution in [2.24, 2.45) is 10.7 Å². The third kappa shape index (κ3) is 4.07. The van der Waals surface area contributed by atoms with Gasteiger partial charge < -0.3 is 15.9 Å². The number of guanidine groups is 1. The van der Waals surface area contributed by atoms with Crippen LogP contribution in [0.3, 0.4) is 0 Å². The monoisotopic (exact) mass is 287 g/mol. The van der Waals surface area contributed by atoms with Crippen molar-refractivity contribution in [3.05, 3.63) is 41.2 Å². The summed E-state index contributed by atoms with van der Waals surface area (Å²) in [5.74, 6) is 0.208. The zero-order valence-corrected chi connectivity index (χ0v) is 11.8. The van der Waals surface area contributed by atoms with Crippen LogP contribution in [0.25, 0.3) is 0 Å². The van der Waals surface area contributed by atoms with Crippen molar-refractivity contribution in [3.63, 3.8) is 0 Å². The smallest absolute Gasteiger partial charge is 0.229 e. The van der Waals surface area contributed by atoms with Crippen molar-refractivity contribution in [3.8, 4) is 11.5 Å². The van der Waals surface area contributed by atoms with Crippen LogP contribution >= 0.6 is 0 Å². The molecule has 0 saturated carbocycles. The molecule has 0 bridgehead atoms. The largest absolute Gasteiger partial charge is 0.504 e. The van der Waals surface area contributed by atoms with E-state index >= 15 is 0 Å². The van der Waals surface area contributed by atoms with Gasteiger partial charge in [-0.15, -0.1) is 0 Å². The number of phenols is 2. The van der Waals surface area contributed by atoms with Gasteiger partial charge in [0.25, 0.3) is 0 Å². The number of nitrogens with one attached hydrogen (secondary N) is 1. The second-order valence-electron chi connectivity index (χ2n) is 4.62. The summed E-state index contributed by atoms with van der Waals surface area (Å²) in [6, 6.07) is 6.34. The van der Waals surface area contributed by atoms with E-state index in [1.54, 1.807) is 6.07 Å². The molecule has 0 aliphatic heterocycles. The van der Waals surface area contributed by atoms with E-state index in [9.17, 15) is 10.2 Å². The van der Waals surface area contributed by atoms with Gasteiger partial charge >= 0.3 is 0 Å². The SMILES string of the molecule is Cc1cc(C)nc(NC(N)=NCc2ccc(O)c(O)c2)n1. The Morgan fingerprint density at radius 3 is 2.43 bits per heavy atom. The van der Waals surface area contributed by atoms with E-state index in [0.29, 0.717) is 5.95 Å². The van der Waals surface area contributed by atoms with Gasteiger partial charge in [-0.1, -0.05) is 6.07 Å². The maximum absolute atomic E-state index is 9.40. The molecule has 0 unspecified atom stereocenters. The van der Waals surface area contributed by atoms with E-state index < -0.39 is 0 Å². The second kappa shape index (κ2) is 6.08. The minimum atomic E-state index is -0.188. The molecule has 1 aromatic carbocycles. The van der Waals surface area contributed by atoms with Crippen molar-refractivity contribution >= 4 is 11.9 Å². The number of nitrogens with zero attached hydrogens (tertiary/aromatic N) is 3. The van der Waals surface area contributed by atoms with Crippen LogP contribution in [-0.2, 0) is 6.54 Å². The fourth-order valence-electron chi connectivity index (χ4n) is 1.78. The summed E-state index contributed by atoms with van der Waals surface area (Å²) in [7, 11) is 0. The van der Waals surface area contributed by atoms with Gasteiger partial charge in [-0.25, -0.2) is 15.0 Å². The van der Waals surface area contributed by atoms with Gasteiger partial charge in [0.1, 0.15) is 0 Å². The topological polar surface area (TPSA) is 117 Å². The summed E-state index contributed by atoms with van der Waals surface area (Å²) in [4.78, 5) is 12.5. The third-order valence-electron chi connectivity index (χ3n) is 2.69. The van der Waals surface area contributed by atoms with Crippen LogP contribution in [-0.4, -0.2) is 26.1 Å². The molecule has 0 spiro atoms. The Morgan fingerprint density at radius 1 is 1.14 bits per heavy atom. The highest BCUT2D eigenvalue weighted by Gasteiger charge is 2.02. The number of aromatic hydroxyl groups is 2. The normalized spacial score (nSPS) is 11.4. The number of aliphatic imine (C=N–C) groups is 1. The summed E-state index contributed by atoms with van der Waals surface area (Å²) >= 11 is 0. The van der Waals surface area contributed by atoms with Crippen LogP contribution in [0.15, 0.2) is 29.3 Å². The van der Waals surface area contributed by atoms with Gasteiger partial charge in [-0.2, -0.15) is 0 Å². The standard InChI is InChI=1S/C14H17N5O2/c1-8-5-9(2)18-14(17-8)19-13(15)16-7-10-3-4-11(20)12(21)6-10/h3-6,20-21H,7H2,1-2H3,(H3,15,16,17,18,19). The molecule has 0 aliphatic carbocycles. The van der Waals surface area contributed by atoms with Crippen molar-refractivity contribution in [1.29, 1.82) is 0 Å². The Balaban J connectivity index is 2.05. The Labute approximate surface area is 122 Å². The fraction of sp³-hybridized carbons (Fsp3) is 0.214. The van der Waals surface area contributed by atoms with E-state index in [-0.39, 0.29) is 24.0 Å². The molecule has 1 heterocycles. The van der Waals surface area contributed by atoms with Gasteiger partial charge in [-0.3, -0.25) is 5.32 Å². The van der Waals surface area contributed by atoms with Gasteiger partial charge in [0.05, 0.1) is 6.54 Å². The maximum Gasteiger partial charge on any atom is 0.229 e. The van der Waals surface area contributed by atoms with Crippen molar-refractivity contribution in [2.45, 2.75) is 20.4 Å². The first-order valence-electron chi connectivity index (χ1n) is 6.34. The molecule has 2 rings (SSSR count). The number of benzene rings is 1. The maximum atomic E-state index is 9.40. The molecule has 7 heteroatoms. The van der Waals surface area contributed by atoms with Crippen molar-refractivity contribution < 1.29 is 10.2 Å². The van der Waals surface area contributed by atoms with Gasteiger partial charge in [-0.05, 0) is 37.6 Å². The van der Waals surface area contributed by atoms with Crippen molar-refractivity contribution in [2.75, 3.05) is 5.32 Å². The van der Waals surface area contributed by atoms with Gasteiger partial charge in [0.15, 0.2) is 17.5 Å². The Bertz CT molecular complexity index is 665. The number of hydrogen-bond acceptors (Lipinski definition) is 5. The molecular formula is C14H17N5O2. The number of rotatable bonds is 3. The summed E-state index contributed by atoms with van der Waals surface area (Å²) < 4.78 is 0. The van der Waals surface area contributed by atoms with E-state index in [1.165, 1.54) is 12.1 Å². The predicted octanol–water partition coefficient (Wildman–Crippen LogP) is 1.43. The number of nitrogens with two attached hydrogens (primary N) is 1. The van der Waals surface area contributed by atoms with Crippen LogP contribution in [0.4, 0.5) is 5.95 Å². The minimum absolute atomic E-state index is 0.169. The zero-order chi connectivity index (χ0) is 15.4. The van der Waals surface area contributed by atoms with Crippen LogP contribution in [0.5, 0.6) is 11.5 Å². The van der Waals surface area contributed by atoms with E-state index in [4.69, 9.17) is 5.73 Å². The summed E-state index contributed by atoms with van der Waals surface area (Å²) in [6.07, 6.45) is 0. The first-order valence-corrected chi connectivity index (χ1v) is 6.34. The number of aromatic nitrogens is 2. The lowest BCUT2D eigenvalue weighted by atomic mass is 10.2. The molecule has 0 saturated heterocycles. The predicted molar refractivity (Wildman–Crippen MR) is 80.2 cm³/mol. The van der Waals surface area contributed by atoms with Crippen LogP contribution in [0.2, 0.25) is 0 Å². The lowest BCUT2D eigenvalue weighted by Crippen LogP contribution is -2.24. The molecule has 110 valence electrons. The summed E-state index contributed by atoms with van der Waals surface area (Å²) in [6.45, 7) is 4.00. The summed E-state index contributed by atoms with van der Waals surface area (Å²) in [5.41, 5.74) is 8.16. The van der Waals surface area contributed by atoms with Crippen LogP contribution in [0.1, 0.15) is 17.0 Å². The van der Waals surface area contributed by atoms with Crippen LogP contribution in [0, 0.1) is 13.8 Å². The van der Waals surface area contributed by atoms with Crippen LogP contribution < -0.4 is 11.1 Å². The third-order valence-corrected chi connectivity index (χ3v) is 2.69. The molecule has 2 aromatic rings. The second-order valence-corrected chi connectivity index (χ2v) is 4.62. The molecular weight excluding hydrogens is 270 g/mol. The quantitative estimate of drug-likeness (QED) is 0.385. The first kappa shape index (κ1) is 14.6. The molecule has 0 radical (unpaired) electrons. The molecule has 0 aliphatic rings. The number of phenolic OH excluding ortho intramolecular Hbond substituents is 2. The highest BCUT2D eigenvalue weighted by molar-refractivity contribution is 5.90. The highest BCUT2D eigenvalue weighted by Crippen LogP contribution is 2.25. The number of aryl methyl sites for hydroxylation is 2. The average Bonchev–Trinajstić information content (AvgIpc) is 2.39. The molecule has 7 nitrogen and oxygen atoms in total. The average molecular weight is 287 g/mol. The highest BCUT2D eigenvalue weighted by atomic mass is 16.3. The Kier molecular flexibility index (Phi) is 4.22. The molecule has 0 amide bonds. The van der Waals surface area contributed by atoms with E-state index in [0.717, 1.165) is 17.0 Å². The Hall–Kier alpha value is -2.83. The molecule has 0 atom stereocenters. The lowest BCUT2D eigenvalue weighted by Gasteiger charge is -2.06. The Morgan fingerprint density at radius 2 is 1.81 bits per heavy atom. The number of anilines is 1. The van der Waals surface area contributed by atoms with Gasteiger partial charge in [0, 0.05) is 11.4 Å². The molecule has 5 N–H and O–H groups in total. The van der Waals surface area contributed by atoms with E-state index in [2.05, 4.69) is 20.3 Å². The fourth-order valence-corrected chi connectivity index (χ4v) is 1.78. The minimum Gasteiger partial charge on any atom is -0.504 e. The molecule has 0 fully saturated rings. The lowest BCUT2D eigenvalue weighted by molar-refractivity contribution is 0.403. The van der Waals surface area contributed by atoms with E-state index in [1.807, 2.05) is 19.9 Å². The van der Waals surface area contributed by atoms with Crippen molar-refractivity contribution in [1.82, 2.24) is 9.97 Å². The van der Waals surface area contributed by atoms with Gasteiger partial charge in [0.2, 0.25) is 5.95 Å².